The summed E-state index contributed by atoms with van der Waals surface area (Å²) in [5, 5.41) is 20.7. The van der Waals surface area contributed by atoms with Crippen LogP contribution in [0.5, 0.6) is 0 Å². The number of hydrogen-bond acceptors (Lipinski definition) is 18. The van der Waals surface area contributed by atoms with Gasteiger partial charge >= 0.3 is 42.9 Å². The molecule has 4 aromatic carbocycles. The summed E-state index contributed by atoms with van der Waals surface area (Å²) in [6.07, 6.45) is -24.4. The first-order valence-electron chi connectivity index (χ1n) is 42.0. The number of alkyl halides is 12. The minimum atomic E-state index is -4.93. The number of halogens is 26. The Morgan fingerprint density at radius 3 is 0.762 bits per heavy atom. The maximum absolute atomic E-state index is 14.3. The normalized spacial score (nSPS) is 14.5. The van der Waals surface area contributed by atoms with Crippen LogP contribution in [0.1, 0.15) is 178 Å². The van der Waals surface area contributed by atoms with Gasteiger partial charge in [0.2, 0.25) is 46.9 Å². The van der Waals surface area contributed by atoms with Crippen LogP contribution in [0.3, 0.4) is 0 Å². The van der Waals surface area contributed by atoms with E-state index < -0.39 is 281 Å². The molecule has 9 amide bonds. The first kappa shape index (κ1) is 117. The Balaban J connectivity index is 0.000000258. The third kappa shape index (κ3) is 30.0. The predicted octanol–water partition coefficient (Wildman–Crippen LogP) is 12.2. The van der Waals surface area contributed by atoms with Crippen molar-refractivity contribution in [3.05, 3.63) is 209 Å². The number of nitrogens with one attached hydrogen (secondary N) is 5. The monoisotopic (exact) mass is 2110 g/mol. The van der Waals surface area contributed by atoms with Crippen molar-refractivity contribution in [1.29, 1.82) is 0 Å². The van der Waals surface area contributed by atoms with Crippen LogP contribution >= 0.6 is 24.8 Å². The third-order valence-electron chi connectivity index (χ3n) is 21.4. The molecule has 8 heterocycles. The molecule has 0 bridgehead atoms. The number of hydrogen-bond donors (Lipinski definition) is 8. The van der Waals surface area contributed by atoms with Gasteiger partial charge in [-0.15, -0.1) is 24.8 Å². The van der Waals surface area contributed by atoms with Crippen molar-refractivity contribution < 1.29 is 168 Å². The van der Waals surface area contributed by atoms with Gasteiger partial charge in [-0.3, -0.25) is 33.6 Å². The molecule has 0 fully saturated rings. The van der Waals surface area contributed by atoms with Gasteiger partial charge in [-0.25, -0.2) is 87.0 Å². The summed E-state index contributed by atoms with van der Waals surface area (Å²) in [5.74, 6) is -26.9. The largest absolute Gasteiger partial charge is 0.476 e. The molecule has 12 rings (SSSR count). The molecule has 786 valence electrons. The minimum Gasteiger partial charge on any atom is -0.476 e. The van der Waals surface area contributed by atoms with E-state index >= 15 is 0 Å². The molecule has 4 aliphatic heterocycles. The highest BCUT2D eigenvalue weighted by Gasteiger charge is 2.47. The molecule has 0 saturated carbocycles. The third-order valence-corrected chi connectivity index (χ3v) is 21.4. The number of imidazole rings is 4. The van der Waals surface area contributed by atoms with E-state index in [0.717, 1.165) is 23.5 Å². The number of nitrogens with two attached hydrogens (primary N) is 2. The molecule has 8 aromatic rings. The molecule has 0 aliphatic carbocycles. The Bertz CT molecular complexity index is 5910. The highest BCUT2D eigenvalue weighted by atomic mass is 35.5. The molecule has 0 saturated heterocycles. The number of benzene rings is 4. The first-order chi connectivity index (χ1) is 65.3. The molecule has 0 unspecified atom stereocenters. The minimum absolute atomic E-state index is 0. The molecule has 10 N–H and O–H groups in total. The fraction of sp³-hybridized carbons (Fsp3) is 0.459. The van der Waals surface area contributed by atoms with Crippen molar-refractivity contribution in [1.82, 2.24) is 84.4 Å². The standard InChI is InChI=1S/C24H27F6N5O4.C23H24F6N4O5.2C19H19F6N5O2.2ClH/c1-23(2,3)39-22(38)32-13(7-12-8-15(26)16(27)10-14(12)25)9-18(36)34-5-6-35-17(11-34)19(20(37)31-4)33-21(35)24(28,29)30;1-22(2,3)38-21(37)30-12(6-11-7-14(25)15(26)9-13(11)24)8-17(34)32-4-5-33-16(10-32)18(19(35)36)31-20(33)23(27,28)29;2*1-27-17(32)16-14-8-29(2-3-30(14)18(28-16)19(23,24)25)15(31)6-10(26)4-9-5-12(21)13(22)7-11(9)20;;/h8,10,13H,5-7,9,11H2,1-4H3,(H,31,37)(H,32,38);7,9,12H,4-6,8,10H2,1-3H3,(H,30,37)(H,35,36);2*5,7,10H,2-4,6,8,26H2,1H3,(H,27,32);2*1H/t13-;12-;2*10-;;/m1111../s1. The second kappa shape index (κ2) is 46.9. The summed E-state index contributed by atoms with van der Waals surface area (Å²) in [6, 6.07) is -0.385. The second-order valence-corrected chi connectivity index (χ2v) is 34.1. The van der Waals surface area contributed by atoms with Crippen molar-refractivity contribution in [2.24, 2.45) is 11.5 Å². The quantitative estimate of drug-likeness (QED) is 0.0231. The SMILES string of the molecule is CC(C)(C)OC(=O)N[C@@H](CC(=O)N1CCn2c(C(F)(F)F)nc(C(=O)O)c2C1)Cc1cc(F)c(F)cc1F.CNC(=O)c1nc(C(F)(F)F)n2c1CN(C(=O)C[C@@H](Cc1cc(F)c(F)cc1F)NC(=O)OC(C)(C)C)CC2.CNC(=O)c1nc(C(F)(F)F)n2c1CN(C(=O)C[C@H](N)Cc1cc(F)c(F)cc1F)CC2.CNC(=O)c1nc(C(F)(F)F)n2c1CN(C(=O)C[C@H](N)Cc1cc(F)c(F)cc1F)CC2.Cl.Cl. The number of rotatable bonds is 22. The van der Waals surface area contributed by atoms with Crippen molar-refractivity contribution in [2.75, 3.05) is 47.3 Å². The molecule has 4 aliphatic rings. The van der Waals surface area contributed by atoms with Gasteiger partial charge in [0.05, 0.1) is 49.0 Å². The first-order valence-corrected chi connectivity index (χ1v) is 42.0. The van der Waals surface area contributed by atoms with Crippen molar-refractivity contribution in [3.8, 4) is 0 Å². The molecule has 4 atom stereocenters. The van der Waals surface area contributed by atoms with E-state index in [4.69, 9.17) is 20.9 Å². The van der Waals surface area contributed by atoms with Gasteiger partial charge < -0.3 is 90.5 Å². The van der Waals surface area contributed by atoms with Crippen LogP contribution in [-0.4, -0.2) is 205 Å². The average molecular weight is 2110 g/mol. The number of amides is 9. The number of ether oxygens (including phenoxy) is 2. The molecule has 58 heteroatoms. The molecule has 143 heavy (non-hydrogen) atoms. The lowest BCUT2D eigenvalue weighted by Crippen LogP contribution is -2.45. The highest BCUT2D eigenvalue weighted by Crippen LogP contribution is 2.39. The predicted molar refractivity (Wildman–Crippen MR) is 453 cm³/mol. The number of aromatic carboxylic acids is 1. The fourth-order valence-electron chi connectivity index (χ4n) is 15.1. The van der Waals surface area contributed by atoms with Crippen molar-refractivity contribution in [3.63, 3.8) is 0 Å². The summed E-state index contributed by atoms with van der Waals surface area (Å²) in [5.41, 5.74) is 5.92. The lowest BCUT2D eigenvalue weighted by Gasteiger charge is -2.31. The Morgan fingerprint density at radius 1 is 0.336 bits per heavy atom. The molecular weight excluding hydrogens is 2020 g/mol. The Morgan fingerprint density at radius 2 is 0.545 bits per heavy atom. The fourth-order valence-corrected chi connectivity index (χ4v) is 15.1. The van der Waals surface area contributed by atoms with Crippen LogP contribution in [0, 0.1) is 69.8 Å². The van der Waals surface area contributed by atoms with Crippen LogP contribution in [0.15, 0.2) is 48.5 Å². The van der Waals surface area contributed by atoms with Crippen LogP contribution < -0.4 is 38.1 Å². The number of nitrogens with zero attached hydrogens (tertiary/aromatic N) is 12. The van der Waals surface area contributed by atoms with E-state index in [9.17, 15) is 158 Å². The van der Waals surface area contributed by atoms with Gasteiger partial charge in [0.25, 0.3) is 17.7 Å². The number of carbonyl (C=O) groups is 10. The van der Waals surface area contributed by atoms with E-state index in [1.54, 1.807) is 41.5 Å². The molecule has 4 aromatic heterocycles. The molecule has 0 spiro atoms. The Kier molecular flexibility index (Phi) is 38.3. The zero-order chi connectivity index (χ0) is 105. The Labute approximate surface area is 807 Å². The number of carbonyl (C=O) groups excluding carboxylic acids is 9. The van der Waals surface area contributed by atoms with E-state index in [0.29, 0.717) is 53.1 Å². The topological polar surface area (TPSA) is 406 Å². The Hall–Kier alpha value is -13.2. The molecule has 32 nitrogen and oxygen atoms in total. The average Bonchev–Trinajstić information content (AvgIpc) is 1.63. The van der Waals surface area contributed by atoms with Crippen LogP contribution in [0.25, 0.3) is 0 Å². The van der Waals surface area contributed by atoms with Gasteiger partial charge in [-0.2, -0.15) is 52.7 Å². The maximum Gasteiger partial charge on any atom is 0.449 e. The van der Waals surface area contributed by atoms with Crippen LogP contribution in [0.2, 0.25) is 0 Å². The van der Waals surface area contributed by atoms with E-state index in [2.05, 4.69) is 46.5 Å². The van der Waals surface area contributed by atoms with Gasteiger partial charge in [0, 0.05) is 148 Å². The van der Waals surface area contributed by atoms with Gasteiger partial charge in [0.15, 0.2) is 69.3 Å². The second-order valence-electron chi connectivity index (χ2n) is 34.1. The van der Waals surface area contributed by atoms with Crippen LogP contribution in [0.4, 0.5) is 115 Å². The lowest BCUT2D eigenvalue weighted by atomic mass is 10.0. The van der Waals surface area contributed by atoms with Crippen molar-refractivity contribution in [2.45, 2.75) is 205 Å². The summed E-state index contributed by atoms with van der Waals surface area (Å²) >= 11 is 0. The summed E-state index contributed by atoms with van der Waals surface area (Å²) < 4.78 is 337. The summed E-state index contributed by atoms with van der Waals surface area (Å²) in [4.78, 5) is 142. The number of carboxylic acids is 1. The number of fused-ring (bicyclic) bond motifs is 4. The molecular formula is C85H91Cl2F24N19O13. The highest BCUT2D eigenvalue weighted by molar-refractivity contribution is 5.95. The maximum atomic E-state index is 14.3. The van der Waals surface area contributed by atoms with Gasteiger partial charge in [0.1, 0.15) is 34.5 Å². The zero-order valence-corrected chi connectivity index (χ0v) is 78.0. The number of alkyl carbamates (subject to hydrolysis) is 2. The number of carboxylic acid groups (broad SMARTS) is 1. The molecule has 0 radical (unpaired) electrons. The smallest absolute Gasteiger partial charge is 0.449 e. The summed E-state index contributed by atoms with van der Waals surface area (Å²) in [6.45, 7) is 6.07. The van der Waals surface area contributed by atoms with Gasteiger partial charge in [-0.05, 0) is 114 Å². The summed E-state index contributed by atoms with van der Waals surface area (Å²) in [7, 11) is 3.70. The lowest BCUT2D eigenvalue weighted by molar-refractivity contribution is -0.149. The van der Waals surface area contributed by atoms with Crippen molar-refractivity contribution >= 4 is 84.3 Å². The van der Waals surface area contributed by atoms with E-state index in [1.807, 2.05) is 0 Å². The van der Waals surface area contributed by atoms with Gasteiger partial charge in [-0.1, -0.05) is 0 Å². The van der Waals surface area contributed by atoms with E-state index in [1.165, 1.54) is 30.9 Å². The number of aromatic nitrogens is 8. The van der Waals surface area contributed by atoms with Crippen LogP contribution in [-0.2, 0) is 131 Å². The van der Waals surface area contributed by atoms with E-state index in [-0.39, 0.29) is 154 Å². The zero-order valence-electron chi connectivity index (χ0n) is 76.3.